The van der Waals surface area contributed by atoms with E-state index in [0.29, 0.717) is 16.6 Å². The number of anilines is 2. The minimum atomic E-state index is -0.474. The fourth-order valence-corrected chi connectivity index (χ4v) is 2.36. The molecule has 100 valence electrons. The molecule has 0 saturated heterocycles. The molecule has 1 amide bonds. The molecule has 0 aliphatic rings. The fraction of sp³-hybridized carbons (Fsp3) is 0.167. The number of hydrogen-bond donors (Lipinski definition) is 2. The van der Waals surface area contributed by atoms with E-state index in [0.717, 1.165) is 5.01 Å². The zero-order valence-electron chi connectivity index (χ0n) is 10.0. The summed E-state index contributed by atoms with van der Waals surface area (Å²) in [6.45, 7) is 1.82. The SMILES string of the molecule is CC(=O)Nc1cc(NCc2ncc(Cl)s2)ccc1F. The highest BCUT2D eigenvalue weighted by molar-refractivity contribution is 7.15. The molecule has 0 saturated carbocycles. The summed E-state index contributed by atoms with van der Waals surface area (Å²) in [5.41, 5.74) is 0.839. The van der Waals surface area contributed by atoms with Gasteiger partial charge in [-0.15, -0.1) is 11.3 Å². The van der Waals surface area contributed by atoms with Crippen molar-refractivity contribution in [2.24, 2.45) is 0 Å². The molecule has 1 heterocycles. The van der Waals surface area contributed by atoms with Crippen LogP contribution >= 0.6 is 22.9 Å². The predicted molar refractivity (Wildman–Crippen MR) is 75.2 cm³/mol. The number of aromatic nitrogens is 1. The number of thiazole rings is 1. The fourth-order valence-electron chi connectivity index (χ4n) is 1.47. The number of halogens is 2. The highest BCUT2D eigenvalue weighted by atomic mass is 35.5. The van der Waals surface area contributed by atoms with Gasteiger partial charge >= 0.3 is 0 Å². The number of nitrogens with one attached hydrogen (secondary N) is 2. The average molecular weight is 300 g/mol. The summed E-state index contributed by atoms with van der Waals surface area (Å²) in [4.78, 5) is 15.0. The molecular formula is C12H11ClFN3OS. The molecule has 2 rings (SSSR count). The van der Waals surface area contributed by atoms with Crippen molar-refractivity contribution in [3.05, 3.63) is 39.6 Å². The number of carbonyl (C=O) groups is 1. The van der Waals surface area contributed by atoms with Gasteiger partial charge in [0.05, 0.1) is 18.4 Å². The van der Waals surface area contributed by atoms with Gasteiger partial charge in [-0.1, -0.05) is 11.6 Å². The zero-order chi connectivity index (χ0) is 13.8. The quantitative estimate of drug-likeness (QED) is 0.908. The standard InChI is InChI=1S/C12H11ClFN3OS/c1-7(18)17-10-4-8(2-3-9(10)14)15-6-12-16-5-11(13)19-12/h2-5,15H,6H2,1H3,(H,17,18). The van der Waals surface area contributed by atoms with Gasteiger partial charge in [-0.05, 0) is 18.2 Å². The maximum absolute atomic E-state index is 13.4. The molecule has 0 fully saturated rings. The molecule has 4 nitrogen and oxygen atoms in total. The van der Waals surface area contributed by atoms with E-state index in [1.807, 2.05) is 0 Å². The summed E-state index contributed by atoms with van der Waals surface area (Å²) in [5, 5.41) is 6.34. The number of amides is 1. The first kappa shape index (κ1) is 13.8. The molecule has 0 unspecified atom stereocenters. The van der Waals surface area contributed by atoms with E-state index in [1.165, 1.54) is 30.4 Å². The maximum atomic E-state index is 13.4. The van der Waals surface area contributed by atoms with Crippen LogP contribution in [0, 0.1) is 5.82 Å². The molecule has 0 atom stereocenters. The van der Waals surface area contributed by atoms with Crippen molar-refractivity contribution in [3.63, 3.8) is 0 Å². The first-order valence-electron chi connectivity index (χ1n) is 5.46. The summed E-state index contributed by atoms with van der Waals surface area (Å²) in [6, 6.07) is 4.42. The van der Waals surface area contributed by atoms with E-state index in [2.05, 4.69) is 15.6 Å². The van der Waals surface area contributed by atoms with E-state index in [-0.39, 0.29) is 11.6 Å². The molecule has 1 aromatic carbocycles. The van der Waals surface area contributed by atoms with Crippen molar-refractivity contribution in [1.82, 2.24) is 4.98 Å². The van der Waals surface area contributed by atoms with Gasteiger partial charge in [0.1, 0.15) is 15.2 Å². The van der Waals surface area contributed by atoms with E-state index in [9.17, 15) is 9.18 Å². The predicted octanol–water partition coefficient (Wildman–Crippen LogP) is 3.51. The Morgan fingerprint density at radius 2 is 2.32 bits per heavy atom. The second-order valence-corrected chi connectivity index (χ2v) is 5.53. The van der Waals surface area contributed by atoms with Crippen molar-refractivity contribution >= 4 is 40.2 Å². The van der Waals surface area contributed by atoms with Crippen LogP contribution in [0.5, 0.6) is 0 Å². The lowest BCUT2D eigenvalue weighted by atomic mass is 10.2. The Kier molecular flexibility index (Phi) is 4.34. The van der Waals surface area contributed by atoms with Crippen LogP contribution in [0.4, 0.5) is 15.8 Å². The molecule has 2 N–H and O–H groups in total. The van der Waals surface area contributed by atoms with Crippen LogP contribution < -0.4 is 10.6 Å². The molecular weight excluding hydrogens is 289 g/mol. The monoisotopic (exact) mass is 299 g/mol. The van der Waals surface area contributed by atoms with E-state index < -0.39 is 5.82 Å². The molecule has 19 heavy (non-hydrogen) atoms. The van der Waals surface area contributed by atoms with Gasteiger partial charge in [-0.2, -0.15) is 0 Å². The number of benzene rings is 1. The first-order chi connectivity index (χ1) is 9.04. The van der Waals surface area contributed by atoms with Gasteiger partial charge in [0, 0.05) is 12.6 Å². The third kappa shape index (κ3) is 3.90. The van der Waals surface area contributed by atoms with E-state index in [4.69, 9.17) is 11.6 Å². The van der Waals surface area contributed by atoms with Crippen LogP contribution in [-0.2, 0) is 11.3 Å². The Bertz CT molecular complexity index is 602. The Morgan fingerprint density at radius 1 is 1.53 bits per heavy atom. The molecule has 0 bridgehead atoms. The van der Waals surface area contributed by atoms with Crippen LogP contribution in [-0.4, -0.2) is 10.9 Å². The second kappa shape index (κ2) is 5.99. The normalized spacial score (nSPS) is 10.3. The molecule has 0 spiro atoms. The molecule has 2 aromatic rings. The lowest BCUT2D eigenvalue weighted by Gasteiger charge is -2.08. The topological polar surface area (TPSA) is 54.0 Å². The summed E-state index contributed by atoms with van der Waals surface area (Å²) in [7, 11) is 0. The lowest BCUT2D eigenvalue weighted by molar-refractivity contribution is -0.114. The minimum absolute atomic E-state index is 0.148. The second-order valence-electron chi connectivity index (χ2n) is 3.79. The van der Waals surface area contributed by atoms with Crippen LogP contribution in [0.2, 0.25) is 4.34 Å². The highest BCUT2D eigenvalue weighted by Crippen LogP contribution is 2.22. The van der Waals surface area contributed by atoms with Crippen LogP contribution in [0.1, 0.15) is 11.9 Å². The molecule has 0 aliphatic heterocycles. The van der Waals surface area contributed by atoms with Gasteiger partial charge in [0.15, 0.2) is 0 Å². The molecule has 0 aliphatic carbocycles. The zero-order valence-corrected chi connectivity index (χ0v) is 11.6. The Balaban J connectivity index is 2.06. The lowest BCUT2D eigenvalue weighted by Crippen LogP contribution is -2.08. The summed E-state index contributed by atoms with van der Waals surface area (Å²) < 4.78 is 14.0. The van der Waals surface area contributed by atoms with E-state index >= 15 is 0 Å². The van der Waals surface area contributed by atoms with Crippen molar-refractivity contribution in [1.29, 1.82) is 0 Å². The third-order valence-electron chi connectivity index (χ3n) is 2.25. The Labute approximate surface area is 118 Å². The Hall–Kier alpha value is -1.66. The molecule has 7 heteroatoms. The summed E-state index contributed by atoms with van der Waals surface area (Å²) in [5.74, 6) is -0.791. The molecule has 1 aromatic heterocycles. The third-order valence-corrected chi connectivity index (χ3v) is 3.36. The number of carbonyl (C=O) groups excluding carboxylic acids is 1. The maximum Gasteiger partial charge on any atom is 0.221 e. The van der Waals surface area contributed by atoms with Crippen LogP contribution in [0.25, 0.3) is 0 Å². The van der Waals surface area contributed by atoms with Crippen LogP contribution in [0.3, 0.4) is 0 Å². The van der Waals surface area contributed by atoms with Crippen molar-refractivity contribution in [2.45, 2.75) is 13.5 Å². The van der Waals surface area contributed by atoms with Gasteiger partial charge in [-0.3, -0.25) is 4.79 Å². The van der Waals surface area contributed by atoms with E-state index in [1.54, 1.807) is 12.3 Å². The van der Waals surface area contributed by atoms with Gasteiger partial charge in [-0.25, -0.2) is 9.37 Å². The largest absolute Gasteiger partial charge is 0.378 e. The van der Waals surface area contributed by atoms with Crippen LogP contribution in [0.15, 0.2) is 24.4 Å². The number of rotatable bonds is 4. The number of hydrogen-bond acceptors (Lipinski definition) is 4. The highest BCUT2D eigenvalue weighted by Gasteiger charge is 2.06. The number of nitrogens with zero attached hydrogens (tertiary/aromatic N) is 1. The van der Waals surface area contributed by atoms with Crippen molar-refractivity contribution < 1.29 is 9.18 Å². The average Bonchev–Trinajstić information content (AvgIpc) is 2.75. The molecule has 0 radical (unpaired) electrons. The van der Waals surface area contributed by atoms with Crippen molar-refractivity contribution in [3.8, 4) is 0 Å². The Morgan fingerprint density at radius 3 is 2.95 bits per heavy atom. The summed E-state index contributed by atoms with van der Waals surface area (Å²) >= 11 is 7.15. The first-order valence-corrected chi connectivity index (χ1v) is 6.65. The van der Waals surface area contributed by atoms with Gasteiger partial charge in [0.25, 0.3) is 0 Å². The minimum Gasteiger partial charge on any atom is -0.378 e. The summed E-state index contributed by atoms with van der Waals surface area (Å²) in [6.07, 6.45) is 1.58. The van der Waals surface area contributed by atoms with Gasteiger partial charge in [0.2, 0.25) is 5.91 Å². The van der Waals surface area contributed by atoms with Crippen molar-refractivity contribution in [2.75, 3.05) is 10.6 Å². The van der Waals surface area contributed by atoms with Gasteiger partial charge < -0.3 is 10.6 Å². The smallest absolute Gasteiger partial charge is 0.221 e.